The molecule has 5 nitrogen and oxygen atoms in total. The molecule has 126 valence electrons. The Balaban J connectivity index is 1.89. The minimum absolute atomic E-state index is 0.397. The smallest absolute Gasteiger partial charge is 0.395 e. The van der Waals surface area contributed by atoms with Gasteiger partial charge in [-0.05, 0) is 42.3 Å². The van der Waals surface area contributed by atoms with Crippen LogP contribution in [-0.4, -0.2) is 28.1 Å². The summed E-state index contributed by atoms with van der Waals surface area (Å²) >= 11 is 0. The van der Waals surface area contributed by atoms with Crippen LogP contribution in [0.1, 0.15) is 16.1 Å². The summed E-state index contributed by atoms with van der Waals surface area (Å²) in [7, 11) is 0. The fourth-order valence-electron chi connectivity index (χ4n) is 3.52. The molecule has 1 N–H and O–H groups in total. The lowest BCUT2D eigenvalue weighted by Crippen LogP contribution is -2.33. The van der Waals surface area contributed by atoms with E-state index in [-0.39, 0.29) is 0 Å². The third-order valence-corrected chi connectivity index (χ3v) is 4.62. The van der Waals surface area contributed by atoms with Crippen molar-refractivity contribution in [1.29, 1.82) is 0 Å². The van der Waals surface area contributed by atoms with Gasteiger partial charge in [0.25, 0.3) is 0 Å². The normalized spacial score (nSPS) is 13.7. The monoisotopic (exact) mass is 338 g/mol. The van der Waals surface area contributed by atoms with Gasteiger partial charge in [-0.3, -0.25) is 9.36 Å². The van der Waals surface area contributed by atoms with Crippen LogP contribution in [0.2, 0.25) is 0 Å². The van der Waals surface area contributed by atoms with E-state index in [0.29, 0.717) is 36.1 Å². The van der Waals surface area contributed by atoms with Crippen LogP contribution in [0.4, 0.5) is 10.1 Å². The Morgan fingerprint density at radius 2 is 1.84 bits per heavy atom. The lowest BCUT2D eigenvalue weighted by Gasteiger charge is -2.30. The van der Waals surface area contributed by atoms with Gasteiger partial charge in [0.15, 0.2) is 0 Å². The highest BCUT2D eigenvalue weighted by molar-refractivity contribution is 6.34. The van der Waals surface area contributed by atoms with Gasteiger partial charge >= 0.3 is 11.9 Å². The van der Waals surface area contributed by atoms with Gasteiger partial charge < -0.3 is 10.0 Å². The van der Waals surface area contributed by atoms with Crippen LogP contribution in [0.25, 0.3) is 10.9 Å². The molecule has 2 heterocycles. The van der Waals surface area contributed by atoms with Crippen molar-refractivity contribution in [3.05, 3.63) is 65.6 Å². The Morgan fingerprint density at radius 3 is 2.56 bits per heavy atom. The van der Waals surface area contributed by atoms with E-state index in [1.165, 1.54) is 22.8 Å². The Hall–Kier alpha value is -3.15. The quantitative estimate of drug-likeness (QED) is 0.693. The summed E-state index contributed by atoms with van der Waals surface area (Å²) in [6, 6.07) is 13.8. The second kappa shape index (κ2) is 5.73. The first-order valence-corrected chi connectivity index (χ1v) is 7.95. The molecule has 4 rings (SSSR count). The van der Waals surface area contributed by atoms with E-state index >= 15 is 0 Å². The Kier molecular flexibility index (Phi) is 3.53. The molecule has 0 unspecified atom stereocenters. The number of para-hydroxylation sites is 1. The number of aliphatic carboxylic acids is 1. The molecule has 0 radical (unpaired) electrons. The zero-order chi connectivity index (χ0) is 17.6. The molecule has 0 saturated heterocycles. The summed E-state index contributed by atoms with van der Waals surface area (Å²) in [5.74, 6) is -2.95. The second-order valence-electron chi connectivity index (χ2n) is 6.04. The van der Waals surface area contributed by atoms with Gasteiger partial charge in [-0.2, -0.15) is 0 Å². The van der Waals surface area contributed by atoms with Crippen LogP contribution in [0, 0.1) is 5.82 Å². The number of nitrogens with zero attached hydrogens (tertiary/aromatic N) is 2. The Labute approximate surface area is 142 Å². The van der Waals surface area contributed by atoms with Crippen LogP contribution >= 0.6 is 0 Å². The third kappa shape index (κ3) is 2.46. The van der Waals surface area contributed by atoms with E-state index in [0.717, 1.165) is 11.3 Å². The van der Waals surface area contributed by atoms with Crippen LogP contribution < -0.4 is 4.90 Å². The van der Waals surface area contributed by atoms with Crippen LogP contribution in [0.5, 0.6) is 0 Å². The zero-order valence-electron chi connectivity index (χ0n) is 13.3. The first-order valence-electron chi connectivity index (χ1n) is 7.95. The summed E-state index contributed by atoms with van der Waals surface area (Å²) in [5, 5.41) is 9.80. The summed E-state index contributed by atoms with van der Waals surface area (Å²) < 4.78 is 14.9. The van der Waals surface area contributed by atoms with Crippen molar-refractivity contribution in [2.75, 3.05) is 11.4 Å². The molecule has 0 aliphatic carbocycles. The van der Waals surface area contributed by atoms with Crippen molar-refractivity contribution in [2.45, 2.75) is 13.0 Å². The SMILES string of the molecule is O=C(O)C(=O)n1c2c(c3cc(F)ccc31)CCN(c1ccccc1)C2. The number of aromatic nitrogens is 1. The predicted octanol–water partition coefficient (Wildman–Crippen LogP) is 3.07. The standard InChI is InChI=1S/C19H15FN2O3/c20-12-6-7-16-15(10-12)14-8-9-21(13-4-2-1-3-5-13)11-17(14)22(16)18(23)19(24)25/h1-7,10H,8-9,11H2,(H,24,25). The number of rotatable bonds is 1. The molecule has 0 amide bonds. The Morgan fingerprint density at radius 1 is 1.08 bits per heavy atom. The highest BCUT2D eigenvalue weighted by Crippen LogP contribution is 2.33. The van der Waals surface area contributed by atoms with Crippen molar-refractivity contribution >= 4 is 28.5 Å². The molecule has 0 atom stereocenters. The van der Waals surface area contributed by atoms with Gasteiger partial charge in [0.05, 0.1) is 12.1 Å². The minimum Gasteiger partial charge on any atom is -0.474 e. The molecule has 0 spiro atoms. The van der Waals surface area contributed by atoms with Crippen molar-refractivity contribution in [1.82, 2.24) is 4.57 Å². The molecule has 1 aromatic heterocycles. The molecule has 6 heteroatoms. The van der Waals surface area contributed by atoms with Crippen LogP contribution in [-0.2, 0) is 17.8 Å². The first kappa shape index (κ1) is 15.4. The molecule has 0 bridgehead atoms. The molecule has 25 heavy (non-hydrogen) atoms. The topological polar surface area (TPSA) is 62.5 Å². The number of carbonyl (C=O) groups is 2. The average Bonchev–Trinajstić information content (AvgIpc) is 2.94. The molecule has 2 aromatic carbocycles. The van der Waals surface area contributed by atoms with E-state index in [2.05, 4.69) is 4.90 Å². The fourth-order valence-corrected chi connectivity index (χ4v) is 3.52. The highest BCUT2D eigenvalue weighted by atomic mass is 19.1. The number of hydrogen-bond acceptors (Lipinski definition) is 3. The molecular weight excluding hydrogens is 323 g/mol. The largest absolute Gasteiger partial charge is 0.474 e. The van der Waals surface area contributed by atoms with E-state index in [1.54, 1.807) is 0 Å². The second-order valence-corrected chi connectivity index (χ2v) is 6.04. The van der Waals surface area contributed by atoms with Crippen molar-refractivity contribution < 1.29 is 19.1 Å². The Bertz CT molecular complexity index is 995. The predicted molar refractivity (Wildman–Crippen MR) is 91.4 cm³/mol. The molecule has 3 aromatic rings. The average molecular weight is 338 g/mol. The van der Waals surface area contributed by atoms with E-state index in [4.69, 9.17) is 0 Å². The van der Waals surface area contributed by atoms with Gasteiger partial charge in [-0.1, -0.05) is 18.2 Å². The van der Waals surface area contributed by atoms with Crippen molar-refractivity contribution in [2.24, 2.45) is 0 Å². The van der Waals surface area contributed by atoms with Crippen LogP contribution in [0.15, 0.2) is 48.5 Å². The summed E-state index contributed by atoms with van der Waals surface area (Å²) in [5.41, 5.74) is 2.90. The van der Waals surface area contributed by atoms with Gasteiger partial charge in [0.2, 0.25) is 0 Å². The molecule has 0 fully saturated rings. The summed E-state index contributed by atoms with van der Waals surface area (Å²) in [6.07, 6.45) is 0.615. The fraction of sp³-hybridized carbons (Fsp3) is 0.158. The van der Waals surface area contributed by atoms with E-state index in [1.807, 2.05) is 30.3 Å². The molecular formula is C19H15FN2O3. The summed E-state index contributed by atoms with van der Waals surface area (Å²) in [4.78, 5) is 25.6. The minimum atomic E-state index is -1.53. The maximum Gasteiger partial charge on any atom is 0.395 e. The third-order valence-electron chi connectivity index (χ3n) is 4.62. The summed E-state index contributed by atoms with van der Waals surface area (Å²) in [6.45, 7) is 1.11. The van der Waals surface area contributed by atoms with E-state index < -0.39 is 17.7 Å². The lowest BCUT2D eigenvalue weighted by atomic mass is 10.0. The molecule has 0 saturated carbocycles. The van der Waals surface area contributed by atoms with Gasteiger partial charge in [0, 0.05) is 23.3 Å². The van der Waals surface area contributed by atoms with Crippen LogP contribution in [0.3, 0.4) is 0 Å². The molecule has 1 aliphatic heterocycles. The maximum absolute atomic E-state index is 13.7. The van der Waals surface area contributed by atoms with Gasteiger partial charge in [0.1, 0.15) is 5.82 Å². The maximum atomic E-state index is 13.7. The van der Waals surface area contributed by atoms with Gasteiger partial charge in [-0.25, -0.2) is 9.18 Å². The first-order chi connectivity index (χ1) is 12.1. The van der Waals surface area contributed by atoms with Crippen molar-refractivity contribution in [3.63, 3.8) is 0 Å². The lowest BCUT2D eigenvalue weighted by molar-refractivity contribution is -0.132. The number of carboxylic acids is 1. The zero-order valence-corrected chi connectivity index (χ0v) is 13.3. The molecule has 1 aliphatic rings. The number of anilines is 1. The number of halogens is 1. The number of carbonyl (C=O) groups excluding carboxylic acids is 1. The number of fused-ring (bicyclic) bond motifs is 3. The highest BCUT2D eigenvalue weighted by Gasteiger charge is 2.29. The number of hydrogen-bond donors (Lipinski definition) is 1. The number of benzene rings is 2. The number of carboxylic acid groups (broad SMARTS) is 1. The van der Waals surface area contributed by atoms with E-state index in [9.17, 15) is 19.1 Å². The van der Waals surface area contributed by atoms with Crippen molar-refractivity contribution in [3.8, 4) is 0 Å². The van der Waals surface area contributed by atoms with Gasteiger partial charge in [-0.15, -0.1) is 0 Å².